The van der Waals surface area contributed by atoms with Crippen molar-refractivity contribution in [2.75, 3.05) is 11.9 Å². The van der Waals surface area contributed by atoms with Crippen LogP contribution in [0.2, 0.25) is 5.02 Å². The van der Waals surface area contributed by atoms with Crippen molar-refractivity contribution >= 4 is 38.3 Å². The Morgan fingerprint density at radius 1 is 1.38 bits per heavy atom. The second-order valence-electron chi connectivity index (χ2n) is 5.05. The normalized spacial score (nSPS) is 12.0. The highest BCUT2D eigenvalue weighted by Crippen LogP contribution is 2.28. The van der Waals surface area contributed by atoms with Crippen LogP contribution in [0.5, 0.6) is 0 Å². The zero-order valence-corrected chi connectivity index (χ0v) is 11.2. The van der Waals surface area contributed by atoms with Gasteiger partial charge in [-0.3, -0.25) is 0 Å². The molecule has 2 nitrogen and oxygen atoms in total. The van der Waals surface area contributed by atoms with Crippen molar-refractivity contribution in [3.63, 3.8) is 0 Å². The quantitative estimate of drug-likeness (QED) is 0.859. The highest BCUT2D eigenvalue weighted by atomic mass is 35.5. The Morgan fingerprint density at radius 3 is 2.81 bits per heavy atom. The molecule has 0 amide bonds. The topological polar surface area (TPSA) is 24.9 Å². The Morgan fingerprint density at radius 2 is 2.12 bits per heavy atom. The maximum absolute atomic E-state index is 5.92. The summed E-state index contributed by atoms with van der Waals surface area (Å²) in [7, 11) is 0. The first-order valence-electron chi connectivity index (χ1n) is 5.24. The van der Waals surface area contributed by atoms with Gasteiger partial charge in [0.1, 0.15) is 0 Å². The van der Waals surface area contributed by atoms with Crippen LogP contribution in [0.4, 0.5) is 5.13 Å². The molecule has 2 aromatic rings. The summed E-state index contributed by atoms with van der Waals surface area (Å²) in [6, 6.07) is 5.81. The zero-order chi connectivity index (χ0) is 11.8. The van der Waals surface area contributed by atoms with Gasteiger partial charge in [0.2, 0.25) is 0 Å². The van der Waals surface area contributed by atoms with Crippen LogP contribution < -0.4 is 5.32 Å². The molecule has 0 saturated heterocycles. The molecule has 0 bridgehead atoms. The highest BCUT2D eigenvalue weighted by Gasteiger charge is 2.11. The molecule has 0 spiro atoms. The molecule has 1 N–H and O–H groups in total. The van der Waals surface area contributed by atoms with E-state index in [-0.39, 0.29) is 5.41 Å². The fourth-order valence-corrected chi connectivity index (χ4v) is 2.33. The van der Waals surface area contributed by atoms with Crippen molar-refractivity contribution in [3.05, 3.63) is 23.2 Å². The van der Waals surface area contributed by atoms with E-state index in [1.807, 2.05) is 18.2 Å². The SMILES string of the molecule is CC(C)(C)CNc1nc2cc(Cl)ccc2s1. The van der Waals surface area contributed by atoms with Crippen LogP contribution >= 0.6 is 22.9 Å². The second kappa shape index (κ2) is 4.22. The molecule has 0 saturated carbocycles. The van der Waals surface area contributed by atoms with E-state index in [0.29, 0.717) is 0 Å². The predicted molar refractivity (Wildman–Crippen MR) is 72.6 cm³/mol. The number of halogens is 1. The second-order valence-corrected chi connectivity index (χ2v) is 6.51. The number of nitrogens with one attached hydrogen (secondary N) is 1. The van der Waals surface area contributed by atoms with E-state index in [0.717, 1.165) is 22.2 Å². The maximum Gasteiger partial charge on any atom is 0.183 e. The molecule has 4 heteroatoms. The summed E-state index contributed by atoms with van der Waals surface area (Å²) < 4.78 is 1.17. The van der Waals surface area contributed by atoms with Gasteiger partial charge in [-0.2, -0.15) is 0 Å². The van der Waals surface area contributed by atoms with E-state index >= 15 is 0 Å². The van der Waals surface area contributed by atoms with Crippen molar-refractivity contribution in [3.8, 4) is 0 Å². The highest BCUT2D eigenvalue weighted by molar-refractivity contribution is 7.22. The monoisotopic (exact) mass is 254 g/mol. The third-order valence-corrected chi connectivity index (χ3v) is 3.35. The largest absolute Gasteiger partial charge is 0.361 e. The number of anilines is 1. The Balaban J connectivity index is 2.20. The van der Waals surface area contributed by atoms with E-state index in [1.54, 1.807) is 11.3 Å². The molecule has 1 heterocycles. The third-order valence-electron chi connectivity index (χ3n) is 2.12. The summed E-state index contributed by atoms with van der Waals surface area (Å²) in [5.41, 5.74) is 1.23. The van der Waals surface area contributed by atoms with Gasteiger partial charge in [-0.25, -0.2) is 4.98 Å². The Bertz CT molecular complexity index is 499. The van der Waals surface area contributed by atoms with Gasteiger partial charge in [-0.1, -0.05) is 43.7 Å². The molecular formula is C12H15ClN2S. The molecule has 0 atom stereocenters. The fraction of sp³-hybridized carbons (Fsp3) is 0.417. The van der Waals surface area contributed by atoms with Gasteiger partial charge in [0.15, 0.2) is 5.13 Å². The van der Waals surface area contributed by atoms with Crippen molar-refractivity contribution in [2.45, 2.75) is 20.8 Å². The Hall–Kier alpha value is -0.800. The number of aromatic nitrogens is 1. The molecule has 0 unspecified atom stereocenters. The summed E-state index contributed by atoms with van der Waals surface area (Å²) in [6.45, 7) is 7.51. The number of thiazole rings is 1. The molecule has 86 valence electrons. The van der Waals surface area contributed by atoms with Gasteiger partial charge in [0.05, 0.1) is 10.2 Å². The first-order chi connectivity index (χ1) is 7.44. The van der Waals surface area contributed by atoms with Crippen LogP contribution in [0.1, 0.15) is 20.8 Å². The molecule has 0 fully saturated rings. The van der Waals surface area contributed by atoms with E-state index in [4.69, 9.17) is 11.6 Å². The lowest BCUT2D eigenvalue weighted by molar-refractivity contribution is 0.443. The van der Waals surface area contributed by atoms with Gasteiger partial charge in [-0.15, -0.1) is 0 Å². The predicted octanol–water partition coefficient (Wildman–Crippen LogP) is 4.41. The molecule has 1 aromatic heterocycles. The summed E-state index contributed by atoms with van der Waals surface area (Å²) in [5.74, 6) is 0. The average Bonchev–Trinajstić information content (AvgIpc) is 2.55. The molecule has 0 aliphatic carbocycles. The number of hydrogen-bond donors (Lipinski definition) is 1. The molecular weight excluding hydrogens is 240 g/mol. The molecule has 2 rings (SSSR count). The number of fused-ring (bicyclic) bond motifs is 1. The maximum atomic E-state index is 5.92. The molecule has 1 aromatic carbocycles. The summed E-state index contributed by atoms with van der Waals surface area (Å²) in [5, 5.41) is 5.06. The van der Waals surface area contributed by atoms with Gasteiger partial charge in [-0.05, 0) is 23.6 Å². The fourth-order valence-electron chi connectivity index (χ4n) is 1.32. The standard InChI is InChI=1S/C12H15ClN2S/c1-12(2,3)7-14-11-15-9-6-8(13)4-5-10(9)16-11/h4-6H,7H2,1-3H3,(H,14,15). The minimum Gasteiger partial charge on any atom is -0.361 e. The first-order valence-corrected chi connectivity index (χ1v) is 6.43. The van der Waals surface area contributed by atoms with Gasteiger partial charge < -0.3 is 5.32 Å². The lowest BCUT2D eigenvalue weighted by Gasteiger charge is -2.17. The number of rotatable bonds is 2. The number of hydrogen-bond acceptors (Lipinski definition) is 3. The first kappa shape index (κ1) is 11.7. The zero-order valence-electron chi connectivity index (χ0n) is 9.67. The molecule has 0 aliphatic rings. The van der Waals surface area contributed by atoms with Gasteiger partial charge in [0, 0.05) is 11.6 Å². The van der Waals surface area contributed by atoms with Crippen LogP contribution in [0.15, 0.2) is 18.2 Å². The van der Waals surface area contributed by atoms with E-state index < -0.39 is 0 Å². The van der Waals surface area contributed by atoms with E-state index in [1.165, 1.54) is 4.70 Å². The minimum absolute atomic E-state index is 0.259. The summed E-state index contributed by atoms with van der Waals surface area (Å²) in [4.78, 5) is 4.50. The van der Waals surface area contributed by atoms with Crippen LogP contribution in [0, 0.1) is 5.41 Å². The number of nitrogens with zero attached hydrogens (tertiary/aromatic N) is 1. The third kappa shape index (κ3) is 2.86. The van der Waals surface area contributed by atoms with E-state index in [9.17, 15) is 0 Å². The molecule has 16 heavy (non-hydrogen) atoms. The van der Waals surface area contributed by atoms with Crippen molar-refractivity contribution in [1.29, 1.82) is 0 Å². The minimum atomic E-state index is 0.259. The van der Waals surface area contributed by atoms with Gasteiger partial charge in [0.25, 0.3) is 0 Å². The van der Waals surface area contributed by atoms with E-state index in [2.05, 4.69) is 31.1 Å². The smallest absolute Gasteiger partial charge is 0.183 e. The average molecular weight is 255 g/mol. The van der Waals surface area contributed by atoms with Crippen LogP contribution in [0.3, 0.4) is 0 Å². The van der Waals surface area contributed by atoms with Crippen LogP contribution in [0.25, 0.3) is 10.2 Å². The summed E-state index contributed by atoms with van der Waals surface area (Å²) >= 11 is 7.59. The lowest BCUT2D eigenvalue weighted by atomic mass is 9.97. The van der Waals surface area contributed by atoms with Crippen molar-refractivity contribution < 1.29 is 0 Å². The Kier molecular flexibility index (Phi) is 3.08. The van der Waals surface area contributed by atoms with Crippen molar-refractivity contribution in [2.24, 2.45) is 5.41 Å². The van der Waals surface area contributed by atoms with Crippen LogP contribution in [-0.4, -0.2) is 11.5 Å². The number of benzene rings is 1. The molecule has 0 aliphatic heterocycles. The lowest BCUT2D eigenvalue weighted by Crippen LogP contribution is -2.18. The Labute approximate surface area is 105 Å². The van der Waals surface area contributed by atoms with Crippen molar-refractivity contribution in [1.82, 2.24) is 4.98 Å². The van der Waals surface area contributed by atoms with Gasteiger partial charge >= 0.3 is 0 Å². The summed E-state index contributed by atoms with van der Waals surface area (Å²) in [6.07, 6.45) is 0. The molecule has 0 radical (unpaired) electrons. The van der Waals surface area contributed by atoms with Crippen LogP contribution in [-0.2, 0) is 0 Å².